The number of carbonyl (C=O) groups excluding carboxylic acids is 1. The van der Waals surface area contributed by atoms with Gasteiger partial charge in [-0.15, -0.1) is 0 Å². The molecule has 154 valence electrons. The van der Waals surface area contributed by atoms with Gasteiger partial charge in [-0.1, -0.05) is 12.1 Å². The van der Waals surface area contributed by atoms with Gasteiger partial charge in [0, 0.05) is 18.8 Å². The van der Waals surface area contributed by atoms with Crippen molar-refractivity contribution in [3.8, 4) is 5.69 Å². The van der Waals surface area contributed by atoms with E-state index in [9.17, 15) is 4.79 Å². The molecule has 8 heteroatoms. The fourth-order valence-corrected chi connectivity index (χ4v) is 3.53. The normalized spacial score (nSPS) is 12.5. The second kappa shape index (κ2) is 7.70. The summed E-state index contributed by atoms with van der Waals surface area (Å²) in [5.41, 5.74) is 4.12. The quantitative estimate of drug-likeness (QED) is 0.507. The van der Waals surface area contributed by atoms with E-state index in [0.29, 0.717) is 5.56 Å². The summed E-state index contributed by atoms with van der Waals surface area (Å²) in [6, 6.07) is 9.87. The van der Waals surface area contributed by atoms with E-state index in [1.165, 1.54) is 6.33 Å². The average molecular weight is 403 g/mol. The molecule has 1 amide bonds. The van der Waals surface area contributed by atoms with E-state index < -0.39 is 0 Å². The third kappa shape index (κ3) is 3.45. The molecule has 8 nitrogen and oxygen atoms in total. The molecule has 0 aliphatic heterocycles. The minimum absolute atomic E-state index is 0.0540. The average Bonchev–Trinajstić information content (AvgIpc) is 3.41. The van der Waals surface area contributed by atoms with Gasteiger partial charge in [0.25, 0.3) is 5.91 Å². The molecule has 1 unspecified atom stereocenters. The van der Waals surface area contributed by atoms with Crippen LogP contribution in [0.25, 0.3) is 16.7 Å². The van der Waals surface area contributed by atoms with Crippen molar-refractivity contribution >= 4 is 16.9 Å². The smallest absolute Gasteiger partial charge is 0.254 e. The Morgan fingerprint density at radius 3 is 2.47 bits per heavy atom. The van der Waals surface area contributed by atoms with E-state index in [4.69, 9.17) is 0 Å². The number of benzene rings is 1. The van der Waals surface area contributed by atoms with E-state index in [1.54, 1.807) is 22.1 Å². The third-order valence-corrected chi connectivity index (χ3v) is 5.37. The zero-order valence-electron chi connectivity index (χ0n) is 17.8. The van der Waals surface area contributed by atoms with E-state index in [1.807, 2.05) is 55.9 Å². The Morgan fingerprint density at radius 1 is 1.10 bits per heavy atom. The van der Waals surface area contributed by atoms with E-state index in [2.05, 4.69) is 34.0 Å². The molecule has 0 N–H and O–H groups in total. The minimum Gasteiger partial charge on any atom is -0.335 e. The van der Waals surface area contributed by atoms with Crippen LogP contribution in [0, 0.1) is 6.92 Å². The lowest BCUT2D eigenvalue weighted by Gasteiger charge is -2.26. The van der Waals surface area contributed by atoms with E-state index in [0.717, 1.165) is 28.0 Å². The van der Waals surface area contributed by atoms with Crippen molar-refractivity contribution in [2.24, 2.45) is 0 Å². The second-order valence-corrected chi connectivity index (χ2v) is 7.75. The van der Waals surface area contributed by atoms with Crippen LogP contribution in [0.15, 0.2) is 49.2 Å². The first kappa shape index (κ1) is 19.8. The summed E-state index contributed by atoms with van der Waals surface area (Å²) in [5, 5.41) is 9.37. The van der Waals surface area contributed by atoms with Crippen LogP contribution in [0.2, 0.25) is 0 Å². The maximum Gasteiger partial charge on any atom is 0.254 e. The van der Waals surface area contributed by atoms with Gasteiger partial charge in [-0.3, -0.25) is 4.79 Å². The van der Waals surface area contributed by atoms with Crippen molar-refractivity contribution in [3.63, 3.8) is 0 Å². The van der Waals surface area contributed by atoms with E-state index >= 15 is 0 Å². The first-order chi connectivity index (χ1) is 14.4. The van der Waals surface area contributed by atoms with E-state index in [-0.39, 0.29) is 18.0 Å². The Morgan fingerprint density at radius 2 is 1.83 bits per heavy atom. The third-order valence-electron chi connectivity index (χ3n) is 5.37. The molecule has 0 saturated carbocycles. The number of pyridine rings is 1. The van der Waals surface area contributed by atoms with Gasteiger partial charge in [-0.05, 0) is 51.5 Å². The maximum absolute atomic E-state index is 13.4. The summed E-state index contributed by atoms with van der Waals surface area (Å²) < 4.78 is 3.55. The highest BCUT2D eigenvalue weighted by molar-refractivity contribution is 6.05. The Balaban J connectivity index is 1.63. The van der Waals surface area contributed by atoms with Crippen LogP contribution in [0.3, 0.4) is 0 Å². The van der Waals surface area contributed by atoms with Crippen molar-refractivity contribution in [2.75, 3.05) is 7.05 Å². The van der Waals surface area contributed by atoms with Gasteiger partial charge in [0.1, 0.15) is 12.7 Å². The van der Waals surface area contributed by atoms with Crippen LogP contribution in [0.1, 0.15) is 54.5 Å². The van der Waals surface area contributed by atoms with Crippen molar-refractivity contribution in [2.45, 2.75) is 39.8 Å². The highest BCUT2D eigenvalue weighted by Crippen LogP contribution is 2.26. The lowest BCUT2D eigenvalue weighted by Crippen LogP contribution is -2.30. The molecule has 1 aromatic carbocycles. The second-order valence-electron chi connectivity index (χ2n) is 7.75. The summed E-state index contributed by atoms with van der Waals surface area (Å²) in [6.07, 6.45) is 4.89. The summed E-state index contributed by atoms with van der Waals surface area (Å²) in [4.78, 5) is 23.7. The lowest BCUT2D eigenvalue weighted by molar-refractivity contribution is 0.0744. The molecule has 3 aromatic heterocycles. The van der Waals surface area contributed by atoms with Crippen molar-refractivity contribution < 1.29 is 4.79 Å². The number of carbonyl (C=O) groups is 1. The minimum atomic E-state index is -0.106. The first-order valence-corrected chi connectivity index (χ1v) is 9.93. The van der Waals surface area contributed by atoms with Crippen molar-refractivity contribution in [3.05, 3.63) is 66.0 Å². The predicted molar refractivity (Wildman–Crippen MR) is 115 cm³/mol. The molecule has 4 aromatic rings. The summed E-state index contributed by atoms with van der Waals surface area (Å²) >= 11 is 0. The fraction of sp³-hybridized carbons (Fsp3) is 0.318. The number of nitrogens with zero attached hydrogens (tertiary/aromatic N) is 7. The molecule has 0 spiro atoms. The first-order valence-electron chi connectivity index (χ1n) is 9.93. The number of aryl methyl sites for hydroxylation is 1. The number of hydrogen-bond acceptors (Lipinski definition) is 5. The highest BCUT2D eigenvalue weighted by Gasteiger charge is 2.23. The molecule has 0 bridgehead atoms. The number of amides is 1. The van der Waals surface area contributed by atoms with Crippen molar-refractivity contribution in [1.82, 2.24) is 34.4 Å². The Bertz CT molecular complexity index is 1180. The zero-order valence-corrected chi connectivity index (χ0v) is 17.8. The van der Waals surface area contributed by atoms with Crippen LogP contribution < -0.4 is 0 Å². The topological polar surface area (TPSA) is 81.7 Å². The zero-order chi connectivity index (χ0) is 21.4. The molecule has 0 aliphatic rings. The molecule has 0 aliphatic carbocycles. The molecular weight excluding hydrogens is 378 g/mol. The van der Waals surface area contributed by atoms with Gasteiger partial charge in [0.2, 0.25) is 0 Å². The number of aromatic nitrogens is 6. The van der Waals surface area contributed by atoms with Crippen LogP contribution in [-0.2, 0) is 0 Å². The summed E-state index contributed by atoms with van der Waals surface area (Å²) in [5.74, 6) is -0.0540. The van der Waals surface area contributed by atoms with Crippen LogP contribution in [0.4, 0.5) is 0 Å². The Labute approximate surface area is 175 Å². The molecule has 0 radical (unpaired) electrons. The predicted octanol–water partition coefficient (Wildman–Crippen LogP) is 3.73. The van der Waals surface area contributed by atoms with Gasteiger partial charge >= 0.3 is 0 Å². The number of hydrogen-bond donors (Lipinski definition) is 0. The Hall–Kier alpha value is -3.55. The highest BCUT2D eigenvalue weighted by atomic mass is 16.2. The summed E-state index contributed by atoms with van der Waals surface area (Å²) in [6.45, 7) is 8.02. The molecule has 1 atom stereocenters. The van der Waals surface area contributed by atoms with Crippen LogP contribution in [0.5, 0.6) is 0 Å². The maximum atomic E-state index is 13.4. The number of rotatable bonds is 5. The SMILES string of the molecule is Cc1cc(C(=O)N(C)C(C)c2ccc(-n3cncn3)cc2)c2cnn(C(C)C)c2n1. The van der Waals surface area contributed by atoms with Gasteiger partial charge in [0.05, 0.1) is 28.9 Å². The van der Waals surface area contributed by atoms with Crippen LogP contribution >= 0.6 is 0 Å². The Kier molecular flexibility index (Phi) is 5.07. The van der Waals surface area contributed by atoms with Gasteiger partial charge in [0.15, 0.2) is 5.65 Å². The lowest BCUT2D eigenvalue weighted by atomic mass is 10.0. The monoisotopic (exact) mass is 403 g/mol. The number of fused-ring (bicyclic) bond motifs is 1. The van der Waals surface area contributed by atoms with Crippen LogP contribution in [-0.4, -0.2) is 47.4 Å². The van der Waals surface area contributed by atoms with Gasteiger partial charge in [-0.25, -0.2) is 19.3 Å². The fourth-order valence-electron chi connectivity index (χ4n) is 3.53. The van der Waals surface area contributed by atoms with Crippen molar-refractivity contribution in [1.29, 1.82) is 0 Å². The molecule has 4 rings (SSSR count). The molecule has 30 heavy (non-hydrogen) atoms. The largest absolute Gasteiger partial charge is 0.335 e. The molecule has 0 saturated heterocycles. The summed E-state index contributed by atoms with van der Waals surface area (Å²) in [7, 11) is 1.83. The molecule has 3 heterocycles. The molecular formula is C22H25N7O. The van der Waals surface area contributed by atoms with Gasteiger partial charge < -0.3 is 4.90 Å². The van der Waals surface area contributed by atoms with Gasteiger partial charge in [-0.2, -0.15) is 10.2 Å². The molecule has 0 fully saturated rings. The standard InChI is InChI=1S/C22H25N7O/c1-14(2)29-21-20(11-24-29)19(10-15(3)26-21)22(30)27(5)16(4)17-6-8-18(9-7-17)28-13-23-12-25-28/h6-14,16H,1-5H3.